The van der Waals surface area contributed by atoms with Gasteiger partial charge in [-0.2, -0.15) is 0 Å². The molecule has 0 saturated carbocycles. The molecule has 1 saturated heterocycles. The molecule has 3 heteroatoms. The first-order chi connectivity index (χ1) is 12.6. The first-order valence-electron chi connectivity index (χ1n) is 9.93. The van der Waals surface area contributed by atoms with Crippen molar-refractivity contribution < 1.29 is 14.7 Å². The summed E-state index contributed by atoms with van der Waals surface area (Å²) in [4.78, 5) is 1.61. The van der Waals surface area contributed by atoms with Crippen molar-refractivity contribution in [3.05, 3.63) is 65.7 Å². The number of likely N-dealkylation sites (tertiary alicyclic amines) is 1. The predicted octanol–water partition coefficient (Wildman–Crippen LogP) is 3.22. The second-order valence-corrected chi connectivity index (χ2v) is 7.90. The fourth-order valence-electron chi connectivity index (χ4n) is 3.76. The van der Waals surface area contributed by atoms with Gasteiger partial charge in [-0.05, 0) is 29.2 Å². The molecular formula is C23H32NO2+. The van der Waals surface area contributed by atoms with Crippen molar-refractivity contribution >= 4 is 0 Å². The molecule has 3 nitrogen and oxygen atoms in total. The number of hydrogen-bond donors (Lipinski definition) is 2. The third-order valence-corrected chi connectivity index (χ3v) is 5.23. The maximum atomic E-state index is 11.1. The Morgan fingerprint density at radius 2 is 1.58 bits per heavy atom. The Labute approximate surface area is 157 Å². The van der Waals surface area contributed by atoms with Crippen LogP contribution in [-0.4, -0.2) is 31.3 Å². The van der Waals surface area contributed by atoms with Crippen LogP contribution >= 0.6 is 0 Å². The van der Waals surface area contributed by atoms with E-state index in [-0.39, 0.29) is 5.92 Å². The molecule has 1 aliphatic heterocycles. The highest BCUT2D eigenvalue weighted by molar-refractivity contribution is 5.31. The summed E-state index contributed by atoms with van der Waals surface area (Å²) in [5, 5.41) is 11.1. The van der Waals surface area contributed by atoms with Crippen molar-refractivity contribution in [3.63, 3.8) is 0 Å². The van der Waals surface area contributed by atoms with Crippen LogP contribution in [0.3, 0.4) is 0 Å². The lowest BCUT2D eigenvalue weighted by Gasteiger charge is -2.26. The number of nitrogens with one attached hydrogen (secondary N) is 1. The van der Waals surface area contributed by atoms with Crippen molar-refractivity contribution in [2.24, 2.45) is 5.92 Å². The van der Waals surface area contributed by atoms with Gasteiger partial charge in [0.2, 0.25) is 0 Å². The molecule has 0 unspecified atom stereocenters. The van der Waals surface area contributed by atoms with Crippen molar-refractivity contribution in [2.45, 2.75) is 38.7 Å². The molecule has 0 amide bonds. The van der Waals surface area contributed by atoms with Gasteiger partial charge in [0, 0.05) is 12.8 Å². The average molecular weight is 355 g/mol. The van der Waals surface area contributed by atoms with E-state index < -0.39 is 6.10 Å². The molecule has 2 atom stereocenters. The minimum absolute atomic E-state index is 0.117. The van der Waals surface area contributed by atoms with Crippen LogP contribution in [0.2, 0.25) is 0 Å². The van der Waals surface area contributed by atoms with E-state index in [9.17, 15) is 5.11 Å². The molecule has 0 radical (unpaired) electrons. The van der Waals surface area contributed by atoms with Crippen molar-refractivity contribution in [2.75, 3.05) is 26.2 Å². The maximum absolute atomic E-state index is 11.1. The summed E-state index contributed by atoms with van der Waals surface area (Å²) in [6.45, 7) is 8.42. The predicted molar refractivity (Wildman–Crippen MR) is 106 cm³/mol. The summed E-state index contributed by atoms with van der Waals surface area (Å²) in [5.74, 6) is 1.49. The van der Waals surface area contributed by atoms with Crippen LogP contribution in [0.4, 0.5) is 0 Å². The minimum atomic E-state index is -0.496. The summed E-state index contributed by atoms with van der Waals surface area (Å²) >= 11 is 0. The number of hydrogen-bond acceptors (Lipinski definition) is 2. The summed E-state index contributed by atoms with van der Waals surface area (Å²) in [6.07, 6.45) is 2.11. The first kappa shape index (κ1) is 18.9. The second-order valence-electron chi connectivity index (χ2n) is 7.90. The summed E-state index contributed by atoms with van der Waals surface area (Å²) in [6, 6.07) is 18.4. The Kier molecular flexibility index (Phi) is 6.70. The Hall–Kier alpha value is -1.84. The Morgan fingerprint density at radius 1 is 0.923 bits per heavy atom. The minimum Gasteiger partial charge on any atom is -0.493 e. The molecule has 2 aromatic rings. The highest BCUT2D eigenvalue weighted by Gasteiger charge is 2.29. The van der Waals surface area contributed by atoms with Gasteiger partial charge in [0.05, 0.1) is 38.3 Å². The molecule has 1 fully saturated rings. The molecule has 0 aliphatic carbocycles. The van der Waals surface area contributed by atoms with E-state index in [1.165, 1.54) is 31.5 Å². The SMILES string of the molecule is CC(C)COc1ccc([C@@H](O)[C@H](C[NH+]2CCCC2)c2ccccc2)cc1. The summed E-state index contributed by atoms with van der Waals surface area (Å²) in [5.41, 5.74) is 2.19. The average Bonchev–Trinajstić information content (AvgIpc) is 3.18. The van der Waals surface area contributed by atoms with Gasteiger partial charge >= 0.3 is 0 Å². The van der Waals surface area contributed by atoms with Crippen molar-refractivity contribution in [3.8, 4) is 5.75 Å². The third-order valence-electron chi connectivity index (χ3n) is 5.23. The van der Waals surface area contributed by atoms with E-state index in [1.807, 2.05) is 30.3 Å². The normalized spacial score (nSPS) is 17.4. The molecule has 0 aromatic heterocycles. The Morgan fingerprint density at radius 3 is 2.19 bits per heavy atom. The first-order valence-corrected chi connectivity index (χ1v) is 9.93. The molecule has 1 heterocycles. The van der Waals surface area contributed by atoms with Crippen LogP contribution in [0, 0.1) is 5.92 Å². The highest BCUT2D eigenvalue weighted by Crippen LogP contribution is 2.31. The zero-order chi connectivity index (χ0) is 18.4. The fourth-order valence-corrected chi connectivity index (χ4v) is 3.76. The van der Waals surface area contributed by atoms with Gasteiger partial charge in [-0.25, -0.2) is 0 Å². The lowest BCUT2D eigenvalue weighted by atomic mass is 9.88. The van der Waals surface area contributed by atoms with Gasteiger partial charge in [0.25, 0.3) is 0 Å². The van der Waals surface area contributed by atoms with E-state index in [1.54, 1.807) is 4.90 Å². The molecule has 3 rings (SSSR count). The van der Waals surface area contributed by atoms with Crippen LogP contribution < -0.4 is 9.64 Å². The lowest BCUT2D eigenvalue weighted by Crippen LogP contribution is -3.10. The summed E-state index contributed by atoms with van der Waals surface area (Å²) < 4.78 is 5.77. The highest BCUT2D eigenvalue weighted by atomic mass is 16.5. The third kappa shape index (κ3) is 5.09. The monoisotopic (exact) mass is 354 g/mol. The standard InChI is InChI=1S/C23H31NO2/c1-18(2)17-26-21-12-10-20(11-13-21)23(25)22(16-24-14-6-7-15-24)19-8-4-3-5-9-19/h3-5,8-13,18,22-23,25H,6-7,14-17H2,1-2H3/p+1/t22-,23-/m1/s1. The van der Waals surface area contributed by atoms with Crippen LogP contribution in [-0.2, 0) is 0 Å². The maximum Gasteiger partial charge on any atom is 0.119 e. The van der Waals surface area contributed by atoms with Gasteiger partial charge in [-0.3, -0.25) is 0 Å². The molecule has 0 spiro atoms. The van der Waals surface area contributed by atoms with Crippen LogP contribution in [0.15, 0.2) is 54.6 Å². The zero-order valence-corrected chi connectivity index (χ0v) is 16.0. The lowest BCUT2D eigenvalue weighted by molar-refractivity contribution is -0.889. The number of benzene rings is 2. The molecule has 0 bridgehead atoms. The van der Waals surface area contributed by atoms with Gasteiger partial charge in [0.1, 0.15) is 5.75 Å². The zero-order valence-electron chi connectivity index (χ0n) is 16.0. The number of rotatable bonds is 8. The van der Waals surface area contributed by atoms with Gasteiger partial charge < -0.3 is 14.7 Å². The van der Waals surface area contributed by atoms with Gasteiger partial charge in [-0.1, -0.05) is 56.3 Å². The number of ether oxygens (including phenoxy) is 1. The van der Waals surface area contributed by atoms with Crippen LogP contribution in [0.5, 0.6) is 5.75 Å². The van der Waals surface area contributed by atoms with E-state index >= 15 is 0 Å². The second kappa shape index (κ2) is 9.20. The largest absolute Gasteiger partial charge is 0.493 e. The molecular weight excluding hydrogens is 322 g/mol. The van der Waals surface area contributed by atoms with Gasteiger partial charge in [-0.15, -0.1) is 0 Å². The number of aliphatic hydroxyl groups is 1. The molecule has 2 N–H and O–H groups in total. The fraction of sp³-hybridized carbons (Fsp3) is 0.478. The van der Waals surface area contributed by atoms with Crippen LogP contribution in [0.1, 0.15) is 49.8 Å². The quantitative estimate of drug-likeness (QED) is 0.763. The molecule has 2 aromatic carbocycles. The van der Waals surface area contributed by atoms with E-state index in [0.717, 1.165) is 17.9 Å². The smallest absolute Gasteiger partial charge is 0.119 e. The number of aliphatic hydroxyl groups excluding tert-OH is 1. The van der Waals surface area contributed by atoms with E-state index in [4.69, 9.17) is 4.74 Å². The summed E-state index contributed by atoms with van der Waals surface area (Å²) in [7, 11) is 0. The molecule has 1 aliphatic rings. The Balaban J connectivity index is 1.74. The molecule has 140 valence electrons. The Bertz CT molecular complexity index is 648. The van der Waals surface area contributed by atoms with Gasteiger partial charge in [0.15, 0.2) is 0 Å². The van der Waals surface area contributed by atoms with E-state index in [2.05, 4.69) is 38.1 Å². The van der Waals surface area contributed by atoms with Crippen molar-refractivity contribution in [1.82, 2.24) is 0 Å². The van der Waals surface area contributed by atoms with Crippen molar-refractivity contribution in [1.29, 1.82) is 0 Å². The van der Waals surface area contributed by atoms with E-state index in [0.29, 0.717) is 12.5 Å². The number of quaternary nitrogens is 1. The topological polar surface area (TPSA) is 33.9 Å². The molecule has 26 heavy (non-hydrogen) atoms. The van der Waals surface area contributed by atoms with Crippen LogP contribution in [0.25, 0.3) is 0 Å².